The maximum Gasteiger partial charge on any atom is 0.416 e. The molecule has 0 bridgehead atoms. The molecule has 0 saturated heterocycles. The predicted molar refractivity (Wildman–Crippen MR) is 70.9 cm³/mol. The highest BCUT2D eigenvalue weighted by Crippen LogP contribution is 2.22. The lowest BCUT2D eigenvalue weighted by Crippen LogP contribution is -2.14. The lowest BCUT2D eigenvalue weighted by Gasteiger charge is -2.00. The minimum atomic E-state index is -0.525. The molecule has 2 rings (SSSR count). The molecule has 0 amide bonds. The van der Waals surface area contributed by atoms with Gasteiger partial charge in [-0.15, -0.1) is 0 Å². The van der Waals surface area contributed by atoms with Crippen LogP contribution >= 0.6 is 0 Å². The van der Waals surface area contributed by atoms with E-state index in [4.69, 9.17) is 10.3 Å². The Morgan fingerprint density at radius 2 is 2.05 bits per heavy atom. The van der Waals surface area contributed by atoms with Crippen molar-refractivity contribution in [2.24, 2.45) is 4.99 Å². The molecule has 0 saturated carbocycles. The Bertz CT molecular complexity index is 623. The molecule has 96 valence electrons. The molecule has 1 aromatic carbocycles. The molecule has 0 aliphatic carbocycles. The first-order chi connectivity index (χ1) is 9.19. The average Bonchev–Trinajstić information content (AvgIpc) is 2.77. The maximum atomic E-state index is 11.9. The van der Waals surface area contributed by atoms with E-state index in [1.807, 2.05) is 30.3 Å². The van der Waals surface area contributed by atoms with Gasteiger partial charge in [-0.1, -0.05) is 30.3 Å². The van der Waals surface area contributed by atoms with Crippen LogP contribution in [0, 0.1) is 0 Å². The van der Waals surface area contributed by atoms with Crippen LogP contribution in [0.25, 0.3) is 5.53 Å². The quantitative estimate of drug-likeness (QED) is 0.470. The second-order valence-electron chi connectivity index (χ2n) is 3.97. The van der Waals surface area contributed by atoms with Crippen LogP contribution in [0.3, 0.4) is 0 Å². The number of hydrogen-bond donors (Lipinski definition) is 0. The Morgan fingerprint density at radius 3 is 2.63 bits per heavy atom. The normalized spacial score (nSPS) is 14.2. The summed E-state index contributed by atoms with van der Waals surface area (Å²) in [5.74, 6) is -0.530. The third kappa shape index (κ3) is 2.37. The fourth-order valence-electron chi connectivity index (χ4n) is 1.93. The fraction of sp³-hybridized carbons (Fsp3) is 0.214. The van der Waals surface area contributed by atoms with Gasteiger partial charge in [-0.05, 0) is 18.8 Å². The first-order valence-electron chi connectivity index (χ1n) is 5.94. The van der Waals surface area contributed by atoms with Crippen LogP contribution in [-0.4, -0.2) is 28.9 Å². The molecule has 0 atom stereocenters. The first kappa shape index (κ1) is 12.9. The van der Waals surface area contributed by atoms with E-state index in [0.29, 0.717) is 11.3 Å². The van der Waals surface area contributed by atoms with Gasteiger partial charge in [0.15, 0.2) is 11.3 Å². The molecule has 5 nitrogen and oxygen atoms in total. The number of nitrogens with zero attached hydrogens (tertiary/aromatic N) is 3. The van der Waals surface area contributed by atoms with Gasteiger partial charge in [-0.25, -0.2) is 4.79 Å². The van der Waals surface area contributed by atoms with Crippen molar-refractivity contribution < 1.29 is 14.3 Å². The van der Waals surface area contributed by atoms with Crippen LogP contribution in [0.4, 0.5) is 0 Å². The second-order valence-corrected chi connectivity index (χ2v) is 3.97. The number of esters is 1. The van der Waals surface area contributed by atoms with Gasteiger partial charge in [0, 0.05) is 11.1 Å². The van der Waals surface area contributed by atoms with Crippen LogP contribution in [0.2, 0.25) is 0 Å². The van der Waals surface area contributed by atoms with Crippen LogP contribution < -0.4 is 0 Å². The van der Waals surface area contributed by atoms with Gasteiger partial charge in [-0.3, -0.25) is 0 Å². The molecule has 0 radical (unpaired) electrons. The topological polar surface area (TPSA) is 75.1 Å². The summed E-state index contributed by atoms with van der Waals surface area (Å²) in [4.78, 5) is 19.1. The Hall–Kier alpha value is -2.52. The maximum absolute atomic E-state index is 11.9. The minimum absolute atomic E-state index is 0.00481. The number of hydrogen-bond acceptors (Lipinski definition) is 2. The number of rotatable bonds is 3. The largest absolute Gasteiger partial charge is 0.497 e. The summed E-state index contributed by atoms with van der Waals surface area (Å²) in [5.41, 5.74) is 11.3. The zero-order valence-corrected chi connectivity index (χ0v) is 10.8. The molecule has 0 aromatic heterocycles. The van der Waals surface area contributed by atoms with E-state index >= 15 is 0 Å². The highest BCUT2D eigenvalue weighted by Gasteiger charge is 2.37. The zero-order chi connectivity index (χ0) is 13.8. The minimum Gasteiger partial charge on any atom is -0.497 e. The van der Waals surface area contributed by atoms with E-state index in [-0.39, 0.29) is 18.0 Å². The molecule has 0 unspecified atom stereocenters. The second kappa shape index (κ2) is 5.42. The molecule has 1 aromatic rings. The summed E-state index contributed by atoms with van der Waals surface area (Å²) < 4.78 is 4.95. The van der Waals surface area contributed by atoms with E-state index in [1.54, 1.807) is 13.8 Å². The lowest BCUT2D eigenvalue weighted by molar-refractivity contribution is -0.138. The SMILES string of the molecule is CCOC(=O)C1=C(C)C(c2ccccc2)=NC1=[N+]=[N-]. The molecule has 1 aliphatic heterocycles. The van der Waals surface area contributed by atoms with Crippen molar-refractivity contribution in [1.82, 2.24) is 0 Å². The fourth-order valence-corrected chi connectivity index (χ4v) is 1.93. The van der Waals surface area contributed by atoms with Crippen molar-refractivity contribution >= 4 is 17.5 Å². The van der Waals surface area contributed by atoms with Crippen molar-refractivity contribution in [1.29, 1.82) is 0 Å². The third-order valence-electron chi connectivity index (χ3n) is 2.79. The summed E-state index contributed by atoms with van der Waals surface area (Å²) in [5, 5.41) is 0. The van der Waals surface area contributed by atoms with Gasteiger partial charge < -0.3 is 15.1 Å². The third-order valence-corrected chi connectivity index (χ3v) is 2.79. The number of carbonyl (C=O) groups is 1. The molecule has 1 heterocycles. The molecule has 0 spiro atoms. The number of carbonyl (C=O) groups excluding carboxylic acids is 1. The molecule has 0 N–H and O–H groups in total. The number of benzene rings is 1. The predicted octanol–water partition coefficient (Wildman–Crippen LogP) is 2.00. The van der Waals surface area contributed by atoms with Gasteiger partial charge >= 0.3 is 11.8 Å². The van der Waals surface area contributed by atoms with Crippen LogP contribution in [0.15, 0.2) is 46.5 Å². The van der Waals surface area contributed by atoms with Gasteiger partial charge in [0.05, 0.1) is 6.61 Å². The Kier molecular flexibility index (Phi) is 3.68. The molecule has 1 aliphatic rings. The van der Waals surface area contributed by atoms with Crippen LogP contribution in [-0.2, 0) is 9.53 Å². The summed E-state index contributed by atoms with van der Waals surface area (Å²) in [6.45, 7) is 3.74. The summed E-state index contributed by atoms with van der Waals surface area (Å²) in [7, 11) is 0. The molecular formula is C14H13N3O2. The average molecular weight is 255 g/mol. The Labute approximate surface area is 110 Å². The van der Waals surface area contributed by atoms with E-state index in [9.17, 15) is 4.79 Å². The van der Waals surface area contributed by atoms with Crippen molar-refractivity contribution in [2.75, 3.05) is 6.61 Å². The zero-order valence-electron chi connectivity index (χ0n) is 10.8. The molecule has 0 fully saturated rings. The molecule has 5 heteroatoms. The van der Waals surface area contributed by atoms with E-state index < -0.39 is 5.97 Å². The summed E-state index contributed by atoms with van der Waals surface area (Å²) in [6, 6.07) is 9.41. The Balaban J connectivity index is 2.49. The van der Waals surface area contributed by atoms with Crippen molar-refractivity contribution in [3.63, 3.8) is 0 Å². The standard InChI is InChI=1S/C14H13N3O2/c1-3-19-14(18)11-9(2)12(16-13(11)17-15)10-7-5-4-6-8-10/h4-8H,3H2,1-2H3. The van der Waals surface area contributed by atoms with Gasteiger partial charge in [0.25, 0.3) is 0 Å². The molecular weight excluding hydrogens is 242 g/mol. The van der Waals surface area contributed by atoms with Gasteiger partial charge in [-0.2, -0.15) is 0 Å². The highest BCUT2D eigenvalue weighted by molar-refractivity contribution is 6.33. The van der Waals surface area contributed by atoms with Gasteiger partial charge in [0.1, 0.15) is 0 Å². The smallest absolute Gasteiger partial charge is 0.416 e. The van der Waals surface area contributed by atoms with E-state index in [1.165, 1.54) is 0 Å². The van der Waals surface area contributed by atoms with Crippen molar-refractivity contribution in [3.8, 4) is 0 Å². The van der Waals surface area contributed by atoms with Crippen LogP contribution in [0.5, 0.6) is 0 Å². The van der Waals surface area contributed by atoms with Crippen molar-refractivity contribution in [2.45, 2.75) is 13.8 Å². The number of aliphatic imine (C=N–C) groups is 1. The first-order valence-corrected chi connectivity index (χ1v) is 5.94. The summed E-state index contributed by atoms with van der Waals surface area (Å²) >= 11 is 0. The van der Waals surface area contributed by atoms with Crippen molar-refractivity contribution in [3.05, 3.63) is 52.6 Å². The highest BCUT2D eigenvalue weighted by atomic mass is 16.5. The summed E-state index contributed by atoms with van der Waals surface area (Å²) in [6.07, 6.45) is 0. The number of allylic oxidation sites excluding steroid dienone is 1. The van der Waals surface area contributed by atoms with Gasteiger partial charge in [0.2, 0.25) is 0 Å². The lowest BCUT2D eigenvalue weighted by atomic mass is 10.0. The Morgan fingerprint density at radius 1 is 1.37 bits per heavy atom. The molecule has 19 heavy (non-hydrogen) atoms. The monoisotopic (exact) mass is 255 g/mol. The van der Waals surface area contributed by atoms with E-state index in [2.05, 4.69) is 9.78 Å². The van der Waals surface area contributed by atoms with Crippen LogP contribution in [0.1, 0.15) is 19.4 Å². The number of amidine groups is 1. The number of ether oxygens (including phenoxy) is 1. The van der Waals surface area contributed by atoms with E-state index in [0.717, 1.165) is 5.56 Å².